The Kier molecular flexibility index (Phi) is 6.13. The summed E-state index contributed by atoms with van der Waals surface area (Å²) in [4.78, 5) is 12.2. The molecule has 122 valence electrons. The zero-order valence-electron chi connectivity index (χ0n) is 13.7. The van der Waals surface area contributed by atoms with Crippen molar-refractivity contribution in [2.24, 2.45) is 11.8 Å². The van der Waals surface area contributed by atoms with E-state index in [-0.39, 0.29) is 5.91 Å². The lowest BCUT2D eigenvalue weighted by atomic mass is 9.79. The lowest BCUT2D eigenvalue weighted by Crippen LogP contribution is -2.39. The molecule has 0 aromatic heterocycles. The Morgan fingerprint density at radius 1 is 1.32 bits per heavy atom. The van der Waals surface area contributed by atoms with Gasteiger partial charge in [-0.3, -0.25) is 4.79 Å². The predicted molar refractivity (Wildman–Crippen MR) is 90.4 cm³/mol. The summed E-state index contributed by atoms with van der Waals surface area (Å²) in [6.45, 7) is 4.57. The fraction of sp³-hybridized carbons (Fsp3) is 0.611. The van der Waals surface area contributed by atoms with E-state index < -0.39 is 0 Å². The van der Waals surface area contributed by atoms with Crippen LogP contribution in [0.1, 0.15) is 45.1 Å². The van der Waals surface area contributed by atoms with Gasteiger partial charge in [0.25, 0.3) is 0 Å². The molecular formula is C18H26ClNO2. The third-order valence-corrected chi connectivity index (χ3v) is 5.04. The Morgan fingerprint density at radius 3 is 2.55 bits per heavy atom. The fourth-order valence-electron chi connectivity index (χ4n) is 3.18. The van der Waals surface area contributed by atoms with Crippen molar-refractivity contribution in [2.75, 3.05) is 7.11 Å². The van der Waals surface area contributed by atoms with Crippen LogP contribution in [0.3, 0.4) is 0 Å². The van der Waals surface area contributed by atoms with Gasteiger partial charge in [-0.2, -0.15) is 0 Å². The zero-order valence-corrected chi connectivity index (χ0v) is 14.5. The molecule has 1 aromatic rings. The first-order valence-corrected chi connectivity index (χ1v) is 8.49. The van der Waals surface area contributed by atoms with Crippen molar-refractivity contribution in [3.8, 4) is 5.75 Å². The molecule has 3 nitrogen and oxygen atoms in total. The molecule has 0 aliphatic heterocycles. The van der Waals surface area contributed by atoms with E-state index in [1.165, 1.54) is 12.8 Å². The monoisotopic (exact) mass is 323 g/mol. The van der Waals surface area contributed by atoms with Crippen LogP contribution in [0.5, 0.6) is 5.75 Å². The van der Waals surface area contributed by atoms with E-state index in [4.69, 9.17) is 16.3 Å². The largest absolute Gasteiger partial charge is 0.497 e. The minimum atomic E-state index is 0.0556. The van der Waals surface area contributed by atoms with Crippen molar-refractivity contribution in [1.82, 2.24) is 5.32 Å². The maximum absolute atomic E-state index is 12.2. The van der Waals surface area contributed by atoms with Crippen molar-refractivity contribution in [3.63, 3.8) is 0 Å². The van der Waals surface area contributed by atoms with Crippen molar-refractivity contribution >= 4 is 17.5 Å². The molecule has 0 saturated heterocycles. The van der Waals surface area contributed by atoms with Crippen LogP contribution >= 0.6 is 11.6 Å². The van der Waals surface area contributed by atoms with Gasteiger partial charge in [-0.25, -0.2) is 0 Å². The van der Waals surface area contributed by atoms with Gasteiger partial charge in [0.05, 0.1) is 13.5 Å². The van der Waals surface area contributed by atoms with Crippen LogP contribution in [-0.2, 0) is 11.2 Å². The van der Waals surface area contributed by atoms with Crippen LogP contribution < -0.4 is 10.1 Å². The van der Waals surface area contributed by atoms with E-state index in [2.05, 4.69) is 19.2 Å². The third-order valence-electron chi connectivity index (χ3n) is 4.69. The van der Waals surface area contributed by atoms with E-state index in [1.807, 2.05) is 12.1 Å². The van der Waals surface area contributed by atoms with Crippen LogP contribution in [0.25, 0.3) is 0 Å². The number of ether oxygens (including phenoxy) is 1. The normalized spacial score (nSPS) is 21.7. The molecule has 1 fully saturated rings. The summed E-state index contributed by atoms with van der Waals surface area (Å²) < 4.78 is 5.12. The standard InChI is InChI=1S/C18H26ClNO2/c1-12(2)13-4-7-15(8-5-13)20-18(21)10-14-6-9-16(22-3)11-17(14)19/h6,9,11-13,15H,4-5,7-8,10H2,1-3H3,(H,20,21). The number of methoxy groups -OCH3 is 1. The van der Waals surface area contributed by atoms with Gasteiger partial charge >= 0.3 is 0 Å². The van der Waals surface area contributed by atoms with Crippen molar-refractivity contribution in [1.29, 1.82) is 0 Å². The summed E-state index contributed by atoms with van der Waals surface area (Å²) >= 11 is 6.19. The number of rotatable bonds is 5. The van der Waals surface area contributed by atoms with E-state index >= 15 is 0 Å². The highest BCUT2D eigenvalue weighted by Gasteiger charge is 2.24. The Bertz CT molecular complexity index is 508. The number of carbonyl (C=O) groups excluding carboxylic acids is 1. The SMILES string of the molecule is COc1ccc(CC(=O)NC2CCC(C(C)C)CC2)c(Cl)c1. The first kappa shape index (κ1) is 17.1. The Balaban J connectivity index is 1.84. The topological polar surface area (TPSA) is 38.3 Å². The summed E-state index contributed by atoms with van der Waals surface area (Å²) in [5.74, 6) is 2.32. The summed E-state index contributed by atoms with van der Waals surface area (Å²) in [7, 11) is 1.60. The van der Waals surface area contributed by atoms with E-state index in [0.29, 0.717) is 23.2 Å². The lowest BCUT2D eigenvalue weighted by molar-refractivity contribution is -0.121. The number of benzene rings is 1. The number of carbonyl (C=O) groups is 1. The number of amides is 1. The number of halogens is 1. The summed E-state index contributed by atoms with van der Waals surface area (Å²) in [5.41, 5.74) is 0.843. The van der Waals surface area contributed by atoms with Gasteiger partial charge in [0, 0.05) is 11.1 Å². The van der Waals surface area contributed by atoms with Crippen LogP contribution in [0, 0.1) is 11.8 Å². The quantitative estimate of drug-likeness (QED) is 0.881. The second kappa shape index (κ2) is 7.87. The molecule has 1 aliphatic carbocycles. The molecule has 22 heavy (non-hydrogen) atoms. The maximum Gasteiger partial charge on any atom is 0.224 e. The first-order chi connectivity index (χ1) is 10.5. The first-order valence-electron chi connectivity index (χ1n) is 8.11. The second-order valence-corrected chi connectivity index (χ2v) is 6.96. The molecule has 4 heteroatoms. The molecule has 0 atom stereocenters. The molecule has 0 radical (unpaired) electrons. The van der Waals surface area contributed by atoms with Crippen molar-refractivity contribution in [2.45, 2.75) is 52.0 Å². The van der Waals surface area contributed by atoms with Crippen LogP contribution in [-0.4, -0.2) is 19.1 Å². The van der Waals surface area contributed by atoms with Gasteiger partial charge in [0.15, 0.2) is 0 Å². The highest BCUT2D eigenvalue weighted by molar-refractivity contribution is 6.31. The average molecular weight is 324 g/mol. The van der Waals surface area contributed by atoms with Crippen LogP contribution in [0.2, 0.25) is 5.02 Å². The third kappa shape index (κ3) is 4.64. The highest BCUT2D eigenvalue weighted by Crippen LogP contribution is 2.30. The van der Waals surface area contributed by atoms with E-state index in [0.717, 1.165) is 30.2 Å². The minimum Gasteiger partial charge on any atom is -0.497 e. The molecule has 2 rings (SSSR count). The highest BCUT2D eigenvalue weighted by atomic mass is 35.5. The molecule has 1 N–H and O–H groups in total. The van der Waals surface area contributed by atoms with Crippen LogP contribution in [0.15, 0.2) is 18.2 Å². The van der Waals surface area contributed by atoms with E-state index in [9.17, 15) is 4.79 Å². The van der Waals surface area contributed by atoms with Gasteiger partial charge in [0.1, 0.15) is 5.75 Å². The number of hydrogen-bond acceptors (Lipinski definition) is 2. The van der Waals surface area contributed by atoms with Gasteiger partial charge in [0.2, 0.25) is 5.91 Å². The molecule has 0 spiro atoms. The van der Waals surface area contributed by atoms with Gasteiger partial charge < -0.3 is 10.1 Å². The molecule has 1 aliphatic rings. The van der Waals surface area contributed by atoms with Gasteiger partial charge in [-0.05, 0) is 55.2 Å². The van der Waals surface area contributed by atoms with Crippen molar-refractivity contribution < 1.29 is 9.53 Å². The molecule has 1 amide bonds. The van der Waals surface area contributed by atoms with Crippen LogP contribution in [0.4, 0.5) is 0 Å². The molecule has 0 bridgehead atoms. The number of nitrogens with one attached hydrogen (secondary N) is 1. The van der Waals surface area contributed by atoms with Gasteiger partial charge in [-0.1, -0.05) is 31.5 Å². The van der Waals surface area contributed by atoms with Gasteiger partial charge in [-0.15, -0.1) is 0 Å². The average Bonchev–Trinajstić information content (AvgIpc) is 2.49. The fourth-order valence-corrected chi connectivity index (χ4v) is 3.42. The van der Waals surface area contributed by atoms with E-state index in [1.54, 1.807) is 13.2 Å². The molecule has 1 aromatic carbocycles. The number of hydrogen-bond donors (Lipinski definition) is 1. The molecule has 0 heterocycles. The van der Waals surface area contributed by atoms with Crippen molar-refractivity contribution in [3.05, 3.63) is 28.8 Å². The summed E-state index contributed by atoms with van der Waals surface area (Å²) in [5, 5.41) is 3.74. The minimum absolute atomic E-state index is 0.0556. The molecule has 0 unspecified atom stereocenters. The Morgan fingerprint density at radius 2 is 2.00 bits per heavy atom. The Labute approximate surface area is 138 Å². The second-order valence-electron chi connectivity index (χ2n) is 6.56. The molecular weight excluding hydrogens is 298 g/mol. The lowest BCUT2D eigenvalue weighted by Gasteiger charge is -2.31. The molecule has 1 saturated carbocycles. The predicted octanol–water partition coefficient (Wildman–Crippen LogP) is 4.22. The summed E-state index contributed by atoms with van der Waals surface area (Å²) in [6, 6.07) is 5.76. The smallest absolute Gasteiger partial charge is 0.224 e. The summed E-state index contributed by atoms with van der Waals surface area (Å²) in [6.07, 6.45) is 4.93. The zero-order chi connectivity index (χ0) is 16.1. The maximum atomic E-state index is 12.2. The Hall–Kier alpha value is -1.22.